The summed E-state index contributed by atoms with van der Waals surface area (Å²) < 4.78 is 5.36. The van der Waals surface area contributed by atoms with Crippen LogP contribution in [0, 0.1) is 0 Å². The van der Waals surface area contributed by atoms with Crippen LogP contribution in [0.5, 0.6) is 5.75 Å². The quantitative estimate of drug-likeness (QED) is 0.726. The van der Waals surface area contributed by atoms with Crippen LogP contribution in [0.25, 0.3) is 0 Å². The Morgan fingerprint density at radius 3 is 2.32 bits per heavy atom. The van der Waals surface area contributed by atoms with Crippen LogP contribution in [-0.4, -0.2) is 43.0 Å². The zero-order chi connectivity index (χ0) is 16.4. The lowest BCUT2D eigenvalue weighted by molar-refractivity contribution is -0.132. The van der Waals surface area contributed by atoms with Crippen molar-refractivity contribution in [3.05, 3.63) is 24.3 Å². The van der Waals surface area contributed by atoms with E-state index >= 15 is 0 Å². The number of hydrogen-bond donors (Lipinski definition) is 2. The van der Waals surface area contributed by atoms with Gasteiger partial charge in [-0.3, -0.25) is 9.59 Å². The van der Waals surface area contributed by atoms with Crippen molar-refractivity contribution in [3.63, 3.8) is 0 Å². The standard InChI is InChI=1S/C16H25N3O3/c1-3-19(4-2)16(21)10-9-15(20)18-13-5-7-14(8-6-13)22-12-11-17/h5-8H,3-4,9-12,17H2,1-2H3,(H,18,20). The lowest BCUT2D eigenvalue weighted by atomic mass is 10.2. The lowest BCUT2D eigenvalue weighted by Crippen LogP contribution is -2.31. The summed E-state index contributed by atoms with van der Waals surface area (Å²) >= 11 is 0. The molecule has 1 rings (SSSR count). The fourth-order valence-electron chi connectivity index (χ4n) is 1.99. The number of benzene rings is 1. The minimum atomic E-state index is -0.170. The Bertz CT molecular complexity index is 470. The number of nitrogens with zero attached hydrogens (tertiary/aromatic N) is 1. The zero-order valence-corrected chi connectivity index (χ0v) is 13.3. The molecule has 22 heavy (non-hydrogen) atoms. The van der Waals surface area contributed by atoms with Gasteiger partial charge in [0, 0.05) is 38.2 Å². The fraction of sp³-hybridized carbons (Fsp3) is 0.500. The van der Waals surface area contributed by atoms with Crippen molar-refractivity contribution in [2.45, 2.75) is 26.7 Å². The van der Waals surface area contributed by atoms with Crippen LogP contribution in [-0.2, 0) is 9.59 Å². The van der Waals surface area contributed by atoms with E-state index in [1.54, 1.807) is 29.2 Å². The van der Waals surface area contributed by atoms with E-state index in [1.165, 1.54) is 0 Å². The van der Waals surface area contributed by atoms with E-state index in [-0.39, 0.29) is 24.7 Å². The van der Waals surface area contributed by atoms with Gasteiger partial charge in [-0.2, -0.15) is 0 Å². The van der Waals surface area contributed by atoms with Crippen molar-refractivity contribution in [2.75, 3.05) is 31.6 Å². The molecule has 0 heterocycles. The molecular weight excluding hydrogens is 282 g/mol. The van der Waals surface area contributed by atoms with Crippen molar-refractivity contribution < 1.29 is 14.3 Å². The second-order valence-electron chi connectivity index (χ2n) is 4.78. The van der Waals surface area contributed by atoms with Crippen LogP contribution < -0.4 is 15.8 Å². The second kappa shape index (κ2) is 9.78. The van der Waals surface area contributed by atoms with Gasteiger partial charge >= 0.3 is 0 Å². The van der Waals surface area contributed by atoms with Crippen LogP contribution in [0.15, 0.2) is 24.3 Å². The number of amides is 2. The first kappa shape index (κ1) is 18.0. The van der Waals surface area contributed by atoms with Gasteiger partial charge < -0.3 is 20.7 Å². The highest BCUT2D eigenvalue weighted by Gasteiger charge is 2.12. The average Bonchev–Trinajstić information content (AvgIpc) is 2.53. The van der Waals surface area contributed by atoms with Gasteiger partial charge in [0.15, 0.2) is 0 Å². The maximum Gasteiger partial charge on any atom is 0.224 e. The highest BCUT2D eigenvalue weighted by molar-refractivity contribution is 5.93. The van der Waals surface area contributed by atoms with Crippen LogP contribution in [0.4, 0.5) is 5.69 Å². The van der Waals surface area contributed by atoms with Crippen molar-refractivity contribution in [1.29, 1.82) is 0 Å². The second-order valence-corrected chi connectivity index (χ2v) is 4.78. The van der Waals surface area contributed by atoms with Gasteiger partial charge in [-0.25, -0.2) is 0 Å². The molecule has 6 nitrogen and oxygen atoms in total. The SMILES string of the molecule is CCN(CC)C(=O)CCC(=O)Nc1ccc(OCCN)cc1. The van der Waals surface area contributed by atoms with E-state index in [1.807, 2.05) is 13.8 Å². The van der Waals surface area contributed by atoms with E-state index in [4.69, 9.17) is 10.5 Å². The van der Waals surface area contributed by atoms with E-state index in [0.29, 0.717) is 37.7 Å². The first-order chi connectivity index (χ1) is 10.6. The predicted octanol–water partition coefficient (Wildman–Crippen LogP) is 1.61. The van der Waals surface area contributed by atoms with Gasteiger partial charge in [0.25, 0.3) is 0 Å². The Morgan fingerprint density at radius 1 is 1.14 bits per heavy atom. The molecule has 0 spiro atoms. The molecule has 0 aliphatic rings. The Morgan fingerprint density at radius 2 is 1.77 bits per heavy atom. The number of rotatable bonds is 9. The third-order valence-electron chi connectivity index (χ3n) is 3.21. The molecule has 0 saturated heterocycles. The van der Waals surface area contributed by atoms with Gasteiger partial charge in [-0.15, -0.1) is 0 Å². The lowest BCUT2D eigenvalue weighted by Gasteiger charge is -2.18. The minimum Gasteiger partial charge on any atom is -0.492 e. The van der Waals surface area contributed by atoms with Gasteiger partial charge in [0.2, 0.25) is 11.8 Å². The summed E-state index contributed by atoms with van der Waals surface area (Å²) in [6.07, 6.45) is 0.409. The monoisotopic (exact) mass is 307 g/mol. The molecule has 0 fully saturated rings. The summed E-state index contributed by atoms with van der Waals surface area (Å²) in [6, 6.07) is 7.06. The van der Waals surface area contributed by atoms with Gasteiger partial charge in [-0.05, 0) is 38.1 Å². The fourth-order valence-corrected chi connectivity index (χ4v) is 1.99. The third-order valence-corrected chi connectivity index (χ3v) is 3.21. The number of anilines is 1. The van der Waals surface area contributed by atoms with Crippen molar-refractivity contribution in [3.8, 4) is 5.75 Å². The molecule has 0 aromatic heterocycles. The molecular formula is C16H25N3O3. The molecule has 0 unspecified atom stereocenters. The van der Waals surface area contributed by atoms with Crippen molar-refractivity contribution in [1.82, 2.24) is 4.90 Å². The smallest absolute Gasteiger partial charge is 0.224 e. The Hall–Kier alpha value is -2.08. The van der Waals surface area contributed by atoms with E-state index in [0.717, 1.165) is 0 Å². The van der Waals surface area contributed by atoms with E-state index in [9.17, 15) is 9.59 Å². The largest absolute Gasteiger partial charge is 0.492 e. The molecule has 1 aromatic carbocycles. The molecule has 1 aromatic rings. The highest BCUT2D eigenvalue weighted by atomic mass is 16.5. The van der Waals surface area contributed by atoms with Crippen LogP contribution >= 0.6 is 0 Å². The molecule has 2 amide bonds. The number of hydrogen-bond acceptors (Lipinski definition) is 4. The van der Waals surface area contributed by atoms with Crippen LogP contribution in [0.1, 0.15) is 26.7 Å². The first-order valence-corrected chi connectivity index (χ1v) is 7.61. The topological polar surface area (TPSA) is 84.7 Å². The van der Waals surface area contributed by atoms with Crippen molar-refractivity contribution >= 4 is 17.5 Å². The first-order valence-electron chi connectivity index (χ1n) is 7.61. The predicted molar refractivity (Wildman–Crippen MR) is 86.8 cm³/mol. The summed E-state index contributed by atoms with van der Waals surface area (Å²) in [5, 5.41) is 2.77. The molecule has 0 aliphatic carbocycles. The van der Waals surface area contributed by atoms with E-state index < -0.39 is 0 Å². The summed E-state index contributed by atoms with van der Waals surface area (Å²) in [5.74, 6) is 0.543. The van der Waals surface area contributed by atoms with Crippen LogP contribution in [0.3, 0.4) is 0 Å². The molecule has 122 valence electrons. The zero-order valence-electron chi connectivity index (χ0n) is 13.3. The number of nitrogens with one attached hydrogen (secondary N) is 1. The maximum absolute atomic E-state index is 11.8. The molecule has 0 radical (unpaired) electrons. The molecule has 6 heteroatoms. The number of ether oxygens (including phenoxy) is 1. The summed E-state index contributed by atoms with van der Waals surface area (Å²) in [7, 11) is 0. The molecule has 0 atom stereocenters. The Balaban J connectivity index is 2.40. The van der Waals surface area contributed by atoms with E-state index in [2.05, 4.69) is 5.32 Å². The third kappa shape index (κ3) is 6.13. The van der Waals surface area contributed by atoms with Crippen molar-refractivity contribution in [2.24, 2.45) is 5.73 Å². The number of carbonyl (C=O) groups is 2. The Labute approximate surface area is 131 Å². The average molecular weight is 307 g/mol. The highest BCUT2D eigenvalue weighted by Crippen LogP contribution is 2.15. The summed E-state index contributed by atoms with van der Waals surface area (Å²) in [4.78, 5) is 25.4. The molecule has 3 N–H and O–H groups in total. The number of carbonyl (C=O) groups excluding carboxylic acids is 2. The summed E-state index contributed by atoms with van der Waals surface area (Å²) in [6.45, 7) is 6.10. The number of nitrogens with two attached hydrogens (primary N) is 1. The maximum atomic E-state index is 11.8. The Kier molecular flexibility index (Phi) is 7.99. The normalized spacial score (nSPS) is 10.1. The molecule has 0 bridgehead atoms. The van der Waals surface area contributed by atoms with Gasteiger partial charge in [0.05, 0.1) is 0 Å². The summed E-state index contributed by atoms with van der Waals surface area (Å²) in [5.41, 5.74) is 6.04. The molecule has 0 saturated carbocycles. The molecule has 0 aliphatic heterocycles. The van der Waals surface area contributed by atoms with Crippen LogP contribution in [0.2, 0.25) is 0 Å². The minimum absolute atomic E-state index is 0.00526. The van der Waals surface area contributed by atoms with Gasteiger partial charge in [-0.1, -0.05) is 0 Å². The van der Waals surface area contributed by atoms with Gasteiger partial charge in [0.1, 0.15) is 12.4 Å².